The number of hydrogen-bond donors (Lipinski definition) is 1. The highest BCUT2D eigenvalue weighted by atomic mass is 16.5. The van der Waals surface area contributed by atoms with Crippen LogP contribution in [0.5, 0.6) is 11.5 Å². The van der Waals surface area contributed by atoms with Crippen molar-refractivity contribution in [2.24, 2.45) is 5.92 Å². The summed E-state index contributed by atoms with van der Waals surface area (Å²) in [6, 6.07) is 15.2. The van der Waals surface area contributed by atoms with E-state index in [9.17, 15) is 9.59 Å². The van der Waals surface area contributed by atoms with Gasteiger partial charge in [-0.25, -0.2) is 0 Å². The van der Waals surface area contributed by atoms with E-state index in [4.69, 9.17) is 9.47 Å². The highest BCUT2D eigenvalue weighted by Crippen LogP contribution is 2.38. The Balaban J connectivity index is 1.61. The Morgan fingerprint density at radius 1 is 1.00 bits per heavy atom. The number of carbonyl (C=O) groups excluding carboxylic acids is 2. The summed E-state index contributed by atoms with van der Waals surface area (Å²) in [5.74, 6) is 0.896. The summed E-state index contributed by atoms with van der Waals surface area (Å²) in [6.07, 6.45) is 2.06. The normalized spacial score (nSPS) is 21.0. The van der Waals surface area contributed by atoms with E-state index < -0.39 is 0 Å². The highest BCUT2D eigenvalue weighted by Gasteiger charge is 2.42. The molecule has 0 unspecified atom stereocenters. The van der Waals surface area contributed by atoms with E-state index in [0.717, 1.165) is 24.2 Å². The first-order valence-corrected chi connectivity index (χ1v) is 9.97. The Bertz CT molecular complexity index is 909. The summed E-state index contributed by atoms with van der Waals surface area (Å²) in [7, 11) is 3.21. The summed E-state index contributed by atoms with van der Waals surface area (Å²) in [4.78, 5) is 27.9. The largest absolute Gasteiger partial charge is 0.497 e. The molecular weight excluding hydrogens is 368 g/mol. The zero-order chi connectivity index (χ0) is 20.4. The second kappa shape index (κ2) is 8.15. The molecule has 0 spiro atoms. The van der Waals surface area contributed by atoms with Crippen LogP contribution in [0, 0.1) is 5.92 Å². The molecule has 0 radical (unpaired) electrons. The first-order valence-electron chi connectivity index (χ1n) is 9.97. The number of para-hydroxylation sites is 1. The Morgan fingerprint density at radius 3 is 2.52 bits per heavy atom. The van der Waals surface area contributed by atoms with Crippen molar-refractivity contribution in [2.75, 3.05) is 27.3 Å². The number of benzene rings is 2. The van der Waals surface area contributed by atoms with E-state index in [1.807, 2.05) is 30.3 Å². The van der Waals surface area contributed by atoms with Gasteiger partial charge in [-0.2, -0.15) is 0 Å². The maximum atomic E-state index is 13.2. The summed E-state index contributed by atoms with van der Waals surface area (Å²) in [5.41, 5.74) is 1.53. The molecule has 152 valence electrons. The molecule has 29 heavy (non-hydrogen) atoms. The molecule has 2 atom stereocenters. The quantitative estimate of drug-likeness (QED) is 0.818. The zero-order valence-electron chi connectivity index (χ0n) is 16.8. The number of methoxy groups -OCH3 is 2. The number of rotatable bonds is 6. The molecule has 2 aromatic carbocycles. The standard InChI is InChI=1S/C23H26N2O4/c1-28-17-7-5-6-15(12-17)23(27)25-13-19(18-8-3-4-9-21(18)29-2)20(14-25)22(26)24-16-10-11-16/h3-9,12,16,19-20H,10-11,13-14H2,1-2H3,(H,24,26)/t19-,20+/m1/s1. The lowest BCUT2D eigenvalue weighted by Gasteiger charge is -2.20. The third-order valence-corrected chi connectivity index (χ3v) is 5.72. The molecule has 1 saturated heterocycles. The summed E-state index contributed by atoms with van der Waals surface area (Å²) in [6.45, 7) is 0.858. The molecule has 1 aliphatic carbocycles. The van der Waals surface area contributed by atoms with Gasteiger partial charge in [0.05, 0.1) is 20.1 Å². The average molecular weight is 394 g/mol. The molecule has 1 N–H and O–H groups in total. The number of ether oxygens (including phenoxy) is 2. The predicted octanol–water partition coefficient (Wildman–Crippen LogP) is 2.84. The molecule has 6 nitrogen and oxygen atoms in total. The first kappa shape index (κ1) is 19.3. The van der Waals surface area contributed by atoms with Crippen molar-refractivity contribution in [1.29, 1.82) is 0 Å². The van der Waals surface area contributed by atoms with Gasteiger partial charge in [0, 0.05) is 30.6 Å². The van der Waals surface area contributed by atoms with E-state index in [0.29, 0.717) is 24.4 Å². The van der Waals surface area contributed by atoms with Gasteiger partial charge in [0.25, 0.3) is 5.91 Å². The monoisotopic (exact) mass is 394 g/mol. The molecule has 2 aromatic rings. The van der Waals surface area contributed by atoms with E-state index in [1.165, 1.54) is 0 Å². The fourth-order valence-electron chi connectivity index (χ4n) is 4.00. The minimum absolute atomic E-state index is 0.0179. The van der Waals surface area contributed by atoms with Crippen LogP contribution in [0.25, 0.3) is 0 Å². The van der Waals surface area contributed by atoms with Crippen LogP contribution in [0.1, 0.15) is 34.7 Å². The minimum Gasteiger partial charge on any atom is -0.497 e. The van der Waals surface area contributed by atoms with Crippen molar-refractivity contribution in [2.45, 2.75) is 24.8 Å². The lowest BCUT2D eigenvalue weighted by atomic mass is 9.87. The van der Waals surface area contributed by atoms with Crippen LogP contribution in [0.15, 0.2) is 48.5 Å². The van der Waals surface area contributed by atoms with Gasteiger partial charge in [-0.05, 0) is 42.7 Å². The van der Waals surface area contributed by atoms with E-state index >= 15 is 0 Å². The predicted molar refractivity (Wildman–Crippen MR) is 109 cm³/mol. The molecule has 2 aliphatic rings. The number of carbonyl (C=O) groups is 2. The Hall–Kier alpha value is -3.02. The number of nitrogens with one attached hydrogen (secondary N) is 1. The van der Waals surface area contributed by atoms with Crippen LogP contribution in [0.2, 0.25) is 0 Å². The van der Waals surface area contributed by atoms with Gasteiger partial charge >= 0.3 is 0 Å². The summed E-state index contributed by atoms with van der Waals surface area (Å²) < 4.78 is 10.8. The second-order valence-electron chi connectivity index (χ2n) is 7.68. The minimum atomic E-state index is -0.304. The molecule has 1 heterocycles. The maximum Gasteiger partial charge on any atom is 0.254 e. The summed E-state index contributed by atoms with van der Waals surface area (Å²) in [5, 5.41) is 3.11. The van der Waals surface area contributed by atoms with Crippen molar-refractivity contribution in [1.82, 2.24) is 10.2 Å². The zero-order valence-corrected chi connectivity index (χ0v) is 16.8. The van der Waals surface area contributed by atoms with Crippen LogP contribution in [0.3, 0.4) is 0 Å². The molecule has 2 amide bonds. The molecule has 1 saturated carbocycles. The van der Waals surface area contributed by atoms with Gasteiger partial charge in [-0.3, -0.25) is 9.59 Å². The van der Waals surface area contributed by atoms with E-state index in [2.05, 4.69) is 5.32 Å². The number of amides is 2. The number of hydrogen-bond acceptors (Lipinski definition) is 4. The Morgan fingerprint density at radius 2 is 1.79 bits per heavy atom. The molecule has 0 bridgehead atoms. The van der Waals surface area contributed by atoms with E-state index in [-0.39, 0.29) is 29.7 Å². The Kier molecular flexibility index (Phi) is 5.43. The van der Waals surface area contributed by atoms with Crippen LogP contribution >= 0.6 is 0 Å². The van der Waals surface area contributed by atoms with Crippen LogP contribution in [0.4, 0.5) is 0 Å². The van der Waals surface area contributed by atoms with Gasteiger partial charge in [0.1, 0.15) is 11.5 Å². The fourth-order valence-corrected chi connectivity index (χ4v) is 4.00. The van der Waals surface area contributed by atoms with Gasteiger partial charge in [-0.1, -0.05) is 24.3 Å². The molecular formula is C23H26N2O4. The van der Waals surface area contributed by atoms with Gasteiger partial charge in [-0.15, -0.1) is 0 Å². The number of nitrogens with zero attached hydrogens (tertiary/aromatic N) is 1. The third kappa shape index (κ3) is 4.06. The molecule has 4 rings (SSSR count). The first-order chi connectivity index (χ1) is 14.1. The summed E-state index contributed by atoms with van der Waals surface area (Å²) >= 11 is 0. The average Bonchev–Trinajstić information content (AvgIpc) is 3.47. The van der Waals surface area contributed by atoms with Gasteiger partial charge in [0.2, 0.25) is 5.91 Å². The van der Waals surface area contributed by atoms with E-state index in [1.54, 1.807) is 37.3 Å². The maximum absolute atomic E-state index is 13.2. The molecule has 0 aromatic heterocycles. The Labute approximate surface area is 170 Å². The van der Waals surface area contributed by atoms with Crippen molar-refractivity contribution in [3.05, 3.63) is 59.7 Å². The molecule has 1 aliphatic heterocycles. The van der Waals surface area contributed by atoms with Crippen LogP contribution in [-0.4, -0.2) is 50.1 Å². The second-order valence-corrected chi connectivity index (χ2v) is 7.68. The van der Waals surface area contributed by atoms with Crippen molar-refractivity contribution >= 4 is 11.8 Å². The highest BCUT2D eigenvalue weighted by molar-refractivity contribution is 5.95. The number of likely N-dealkylation sites (tertiary alicyclic amines) is 1. The molecule has 2 fully saturated rings. The van der Waals surface area contributed by atoms with Crippen molar-refractivity contribution < 1.29 is 19.1 Å². The van der Waals surface area contributed by atoms with Crippen molar-refractivity contribution in [3.8, 4) is 11.5 Å². The topological polar surface area (TPSA) is 67.9 Å². The van der Waals surface area contributed by atoms with Crippen LogP contribution < -0.4 is 14.8 Å². The van der Waals surface area contributed by atoms with Gasteiger partial charge < -0.3 is 19.7 Å². The smallest absolute Gasteiger partial charge is 0.254 e. The lowest BCUT2D eigenvalue weighted by molar-refractivity contribution is -0.125. The molecule has 6 heteroatoms. The fraction of sp³-hybridized carbons (Fsp3) is 0.391. The van der Waals surface area contributed by atoms with Crippen molar-refractivity contribution in [3.63, 3.8) is 0 Å². The lowest BCUT2D eigenvalue weighted by Crippen LogP contribution is -2.36. The third-order valence-electron chi connectivity index (χ3n) is 5.72. The van der Waals surface area contributed by atoms with Gasteiger partial charge in [0.15, 0.2) is 0 Å². The SMILES string of the molecule is COc1cccc(C(=O)N2C[C@H](C(=O)NC3CC3)[C@@H](c3ccccc3OC)C2)c1. The van der Waals surface area contributed by atoms with Crippen LogP contribution in [-0.2, 0) is 4.79 Å².